The van der Waals surface area contributed by atoms with Gasteiger partial charge in [-0.05, 0) is 31.2 Å². The Kier molecular flexibility index (Phi) is 6.74. The second-order valence-electron chi connectivity index (χ2n) is 6.16. The van der Waals surface area contributed by atoms with Crippen molar-refractivity contribution >= 4 is 34.4 Å². The van der Waals surface area contributed by atoms with Gasteiger partial charge in [-0.15, -0.1) is 0 Å². The van der Waals surface area contributed by atoms with Crippen molar-refractivity contribution < 1.29 is 23.0 Å². The second kappa shape index (κ2) is 9.25. The summed E-state index contributed by atoms with van der Waals surface area (Å²) in [6.07, 6.45) is -0.364. The molecule has 3 rings (SSSR count). The van der Waals surface area contributed by atoms with Gasteiger partial charge in [0.1, 0.15) is 5.76 Å². The van der Waals surface area contributed by atoms with E-state index >= 15 is 0 Å². The predicted octanol–water partition coefficient (Wildman–Crippen LogP) is 3.16. The van der Waals surface area contributed by atoms with Crippen molar-refractivity contribution in [2.24, 2.45) is 0 Å². The number of amides is 2. The van der Waals surface area contributed by atoms with Crippen molar-refractivity contribution in [1.82, 2.24) is 9.80 Å². The largest absolute Gasteiger partial charge is 0.455 e. The van der Waals surface area contributed by atoms with E-state index in [1.807, 2.05) is 0 Å². The number of carbonyl (C=O) groups is 2. The summed E-state index contributed by atoms with van der Waals surface area (Å²) in [5.74, 6) is 0.522. The van der Waals surface area contributed by atoms with Gasteiger partial charge in [0.25, 0.3) is 5.91 Å². The number of furan rings is 1. The van der Waals surface area contributed by atoms with Crippen LogP contribution >= 0.6 is 11.6 Å². The van der Waals surface area contributed by atoms with E-state index in [2.05, 4.69) is 0 Å². The van der Waals surface area contributed by atoms with Crippen molar-refractivity contribution in [3.05, 3.63) is 52.9 Å². The third kappa shape index (κ3) is 4.74. The first-order valence-corrected chi connectivity index (χ1v) is 10.6. The van der Waals surface area contributed by atoms with Gasteiger partial charge in [-0.1, -0.05) is 23.7 Å². The molecule has 150 valence electrons. The average molecular weight is 425 g/mol. The van der Waals surface area contributed by atoms with Gasteiger partial charge in [0.05, 0.1) is 33.1 Å². The predicted molar refractivity (Wildman–Crippen MR) is 105 cm³/mol. The van der Waals surface area contributed by atoms with Crippen LogP contribution in [0.3, 0.4) is 0 Å². The van der Waals surface area contributed by atoms with Crippen LogP contribution in [0.4, 0.5) is 4.79 Å². The summed E-state index contributed by atoms with van der Waals surface area (Å²) < 4.78 is 23.1. The standard InChI is InChI=1S/C19H21ClN2O5S/c1-2-26-19(24)22-11-9-21(10-12-22)18(23)16-8-7-14(27-16)13-28(25)17-6-4-3-5-15(17)20/h3-8H,2,9-13H2,1H3/t28-/m1/s1. The zero-order chi connectivity index (χ0) is 20.1. The molecule has 1 aliphatic heterocycles. The van der Waals surface area contributed by atoms with Crippen LogP contribution in [-0.2, 0) is 21.3 Å². The highest BCUT2D eigenvalue weighted by atomic mass is 35.5. The molecule has 0 N–H and O–H groups in total. The average Bonchev–Trinajstić information content (AvgIpc) is 3.16. The highest BCUT2D eigenvalue weighted by Gasteiger charge is 2.27. The third-order valence-corrected chi connectivity index (χ3v) is 6.16. The summed E-state index contributed by atoms with van der Waals surface area (Å²) in [5, 5.41) is 0.433. The van der Waals surface area contributed by atoms with Gasteiger partial charge in [0, 0.05) is 26.2 Å². The quantitative estimate of drug-likeness (QED) is 0.736. The summed E-state index contributed by atoms with van der Waals surface area (Å²) in [5.41, 5.74) is 0. The molecular weight excluding hydrogens is 404 g/mol. The molecule has 7 nitrogen and oxygen atoms in total. The van der Waals surface area contributed by atoms with E-state index in [9.17, 15) is 13.8 Å². The van der Waals surface area contributed by atoms with Crippen LogP contribution < -0.4 is 0 Å². The molecule has 0 bridgehead atoms. The van der Waals surface area contributed by atoms with Crippen LogP contribution in [0.25, 0.3) is 0 Å². The number of ether oxygens (including phenoxy) is 1. The van der Waals surface area contributed by atoms with E-state index in [0.717, 1.165) is 0 Å². The first-order valence-electron chi connectivity index (χ1n) is 8.92. The Balaban J connectivity index is 1.58. The Morgan fingerprint density at radius 2 is 1.79 bits per heavy atom. The molecule has 0 radical (unpaired) electrons. The Morgan fingerprint density at radius 3 is 2.46 bits per heavy atom. The van der Waals surface area contributed by atoms with Crippen molar-refractivity contribution in [2.75, 3.05) is 32.8 Å². The fourth-order valence-corrected chi connectivity index (χ4v) is 4.35. The summed E-state index contributed by atoms with van der Waals surface area (Å²) in [7, 11) is -1.37. The summed E-state index contributed by atoms with van der Waals surface area (Å²) >= 11 is 6.07. The molecule has 2 amide bonds. The van der Waals surface area contributed by atoms with E-state index in [-0.39, 0.29) is 23.5 Å². The van der Waals surface area contributed by atoms with Gasteiger partial charge in [0.15, 0.2) is 5.76 Å². The van der Waals surface area contributed by atoms with Crippen LogP contribution in [0.15, 0.2) is 45.7 Å². The molecule has 2 heterocycles. The first-order chi connectivity index (χ1) is 13.5. The molecule has 0 unspecified atom stereocenters. The molecule has 2 aromatic rings. The molecule has 1 aliphatic rings. The minimum absolute atomic E-state index is 0.133. The third-order valence-electron chi connectivity index (χ3n) is 4.32. The maximum atomic E-state index is 12.6. The van der Waals surface area contributed by atoms with Crippen molar-refractivity contribution in [3.8, 4) is 0 Å². The maximum Gasteiger partial charge on any atom is 0.409 e. The molecule has 1 fully saturated rings. The number of hydrogen-bond acceptors (Lipinski definition) is 5. The van der Waals surface area contributed by atoms with Crippen LogP contribution in [0.1, 0.15) is 23.2 Å². The highest BCUT2D eigenvalue weighted by Crippen LogP contribution is 2.22. The van der Waals surface area contributed by atoms with E-state index in [1.54, 1.807) is 53.1 Å². The molecule has 1 saturated heterocycles. The molecule has 28 heavy (non-hydrogen) atoms. The maximum absolute atomic E-state index is 12.6. The van der Waals surface area contributed by atoms with Crippen molar-refractivity contribution in [1.29, 1.82) is 0 Å². The molecule has 0 aliphatic carbocycles. The monoisotopic (exact) mass is 424 g/mol. The lowest BCUT2D eigenvalue weighted by Crippen LogP contribution is -2.50. The summed E-state index contributed by atoms with van der Waals surface area (Å²) in [6, 6.07) is 10.2. The SMILES string of the molecule is CCOC(=O)N1CCN(C(=O)c2ccc(C[S@@](=O)c3ccccc3Cl)o2)CC1. The fourth-order valence-electron chi connectivity index (χ4n) is 2.87. The van der Waals surface area contributed by atoms with E-state index in [1.165, 1.54) is 0 Å². The number of carbonyl (C=O) groups excluding carboxylic acids is 2. The Morgan fingerprint density at radius 1 is 1.11 bits per heavy atom. The topological polar surface area (TPSA) is 80.1 Å². The van der Waals surface area contributed by atoms with Gasteiger partial charge in [-0.3, -0.25) is 9.00 Å². The van der Waals surface area contributed by atoms with Gasteiger partial charge in [-0.2, -0.15) is 0 Å². The minimum atomic E-state index is -1.37. The number of benzene rings is 1. The highest BCUT2D eigenvalue weighted by molar-refractivity contribution is 7.84. The summed E-state index contributed by atoms with van der Waals surface area (Å²) in [4.78, 5) is 28.1. The summed E-state index contributed by atoms with van der Waals surface area (Å²) in [6.45, 7) is 3.70. The molecule has 1 aromatic carbocycles. The van der Waals surface area contributed by atoms with Crippen LogP contribution in [0.5, 0.6) is 0 Å². The number of rotatable bonds is 5. The zero-order valence-corrected chi connectivity index (χ0v) is 17.0. The minimum Gasteiger partial charge on any atom is -0.455 e. The van der Waals surface area contributed by atoms with Crippen LogP contribution in [0, 0.1) is 0 Å². The zero-order valence-electron chi connectivity index (χ0n) is 15.4. The molecule has 0 spiro atoms. The van der Waals surface area contributed by atoms with Gasteiger partial charge >= 0.3 is 6.09 Å². The lowest BCUT2D eigenvalue weighted by atomic mass is 10.3. The van der Waals surface area contributed by atoms with Crippen molar-refractivity contribution in [2.45, 2.75) is 17.6 Å². The Hall–Kier alpha value is -2.32. The van der Waals surface area contributed by atoms with E-state index in [0.29, 0.717) is 48.5 Å². The Labute approximate surface area is 170 Å². The number of piperazine rings is 1. The molecular formula is C19H21ClN2O5S. The number of hydrogen-bond donors (Lipinski definition) is 0. The van der Waals surface area contributed by atoms with Crippen LogP contribution in [-0.4, -0.2) is 58.8 Å². The fraction of sp³-hybridized carbons (Fsp3) is 0.368. The second-order valence-corrected chi connectivity index (χ2v) is 7.99. The lowest BCUT2D eigenvalue weighted by Gasteiger charge is -2.33. The van der Waals surface area contributed by atoms with Gasteiger partial charge in [0.2, 0.25) is 0 Å². The van der Waals surface area contributed by atoms with E-state index in [4.69, 9.17) is 20.8 Å². The smallest absolute Gasteiger partial charge is 0.409 e. The lowest BCUT2D eigenvalue weighted by molar-refractivity contribution is 0.0545. The van der Waals surface area contributed by atoms with Crippen LogP contribution in [0.2, 0.25) is 5.02 Å². The van der Waals surface area contributed by atoms with Crippen molar-refractivity contribution in [3.63, 3.8) is 0 Å². The number of halogens is 1. The van der Waals surface area contributed by atoms with E-state index < -0.39 is 10.8 Å². The normalized spacial score (nSPS) is 15.4. The van der Waals surface area contributed by atoms with Gasteiger partial charge < -0.3 is 19.0 Å². The van der Waals surface area contributed by atoms with Gasteiger partial charge in [-0.25, -0.2) is 4.79 Å². The Bertz CT molecular complexity index is 877. The molecule has 9 heteroatoms. The molecule has 1 atom stereocenters. The number of nitrogens with zero attached hydrogens (tertiary/aromatic N) is 2. The molecule has 0 saturated carbocycles. The molecule has 1 aromatic heterocycles. The first kappa shape index (κ1) is 20.4.